The maximum Gasteiger partial charge on any atom is 0.255 e. The molecule has 0 aromatic heterocycles. The van der Waals surface area contributed by atoms with Gasteiger partial charge in [0.2, 0.25) is 5.91 Å². The van der Waals surface area contributed by atoms with Crippen LogP contribution in [0.25, 0.3) is 0 Å². The van der Waals surface area contributed by atoms with Crippen LogP contribution in [0, 0.1) is 5.92 Å². The van der Waals surface area contributed by atoms with Gasteiger partial charge in [0.15, 0.2) is 0 Å². The zero-order valence-corrected chi connectivity index (χ0v) is 12.3. The molecule has 5 heteroatoms. The first-order valence-electron chi connectivity index (χ1n) is 6.75. The van der Waals surface area contributed by atoms with E-state index >= 15 is 0 Å². The Morgan fingerprint density at radius 1 is 1.22 bits per heavy atom. The Hall–Kier alpha value is -0.190. The van der Waals surface area contributed by atoms with Gasteiger partial charge in [0.1, 0.15) is 0 Å². The third-order valence-corrected chi connectivity index (χ3v) is 3.86. The molecule has 0 aliphatic heterocycles. The fourth-order valence-corrected chi connectivity index (χ4v) is 2.96. The number of hydrogen-bond donors (Lipinski definition) is 0. The summed E-state index contributed by atoms with van der Waals surface area (Å²) >= 11 is 3.21. The molecule has 0 spiro atoms. The van der Waals surface area contributed by atoms with Crippen LogP contribution in [-0.2, 0) is 4.79 Å². The highest BCUT2D eigenvalue weighted by Gasteiger charge is 2.22. The fraction of sp³-hybridized carbons (Fsp3) is 0.923. The van der Waals surface area contributed by atoms with Crippen molar-refractivity contribution < 1.29 is 13.6 Å². The highest BCUT2D eigenvalue weighted by molar-refractivity contribution is 9.09. The van der Waals surface area contributed by atoms with Gasteiger partial charge in [0.25, 0.3) is 6.43 Å². The molecule has 1 aliphatic carbocycles. The van der Waals surface area contributed by atoms with Gasteiger partial charge >= 0.3 is 0 Å². The van der Waals surface area contributed by atoms with E-state index < -0.39 is 13.0 Å². The van der Waals surface area contributed by atoms with Crippen molar-refractivity contribution in [3.05, 3.63) is 0 Å². The smallest absolute Gasteiger partial charge is 0.255 e. The minimum absolute atomic E-state index is 0.110. The Labute approximate surface area is 116 Å². The quantitative estimate of drug-likeness (QED) is 0.536. The average Bonchev–Trinajstić information content (AvgIpc) is 2.56. The second-order valence-electron chi connectivity index (χ2n) is 4.98. The first-order chi connectivity index (χ1) is 8.63. The molecule has 0 atom stereocenters. The van der Waals surface area contributed by atoms with E-state index in [2.05, 4.69) is 15.9 Å². The van der Waals surface area contributed by atoms with Crippen molar-refractivity contribution in [2.75, 3.05) is 18.4 Å². The summed E-state index contributed by atoms with van der Waals surface area (Å²) in [7, 11) is 0. The highest BCUT2D eigenvalue weighted by Crippen LogP contribution is 2.26. The van der Waals surface area contributed by atoms with E-state index in [-0.39, 0.29) is 5.91 Å². The summed E-state index contributed by atoms with van der Waals surface area (Å²) in [5, 5.41) is 0.552. The van der Waals surface area contributed by atoms with E-state index in [4.69, 9.17) is 0 Å². The number of carbonyl (C=O) groups excluding carboxylic acids is 1. The van der Waals surface area contributed by atoms with Crippen LogP contribution in [0.5, 0.6) is 0 Å². The normalized spacial score (nSPS) is 17.8. The minimum Gasteiger partial charge on any atom is -0.336 e. The second kappa shape index (κ2) is 8.83. The summed E-state index contributed by atoms with van der Waals surface area (Å²) in [5.74, 6) is 0.289. The lowest BCUT2D eigenvalue weighted by molar-refractivity contribution is -0.133. The van der Waals surface area contributed by atoms with Crippen molar-refractivity contribution >= 4 is 21.8 Å². The van der Waals surface area contributed by atoms with E-state index in [1.165, 1.54) is 30.6 Å². The topological polar surface area (TPSA) is 20.3 Å². The van der Waals surface area contributed by atoms with E-state index in [0.29, 0.717) is 24.2 Å². The third kappa shape index (κ3) is 6.12. The molecule has 0 unspecified atom stereocenters. The highest BCUT2D eigenvalue weighted by atomic mass is 79.9. The van der Waals surface area contributed by atoms with Crippen molar-refractivity contribution in [3.63, 3.8) is 0 Å². The molecular weight excluding hydrogens is 304 g/mol. The fourth-order valence-electron chi connectivity index (χ4n) is 2.53. The van der Waals surface area contributed by atoms with Gasteiger partial charge < -0.3 is 4.90 Å². The maximum absolute atomic E-state index is 12.4. The summed E-state index contributed by atoms with van der Waals surface area (Å²) in [5.41, 5.74) is 0. The summed E-state index contributed by atoms with van der Waals surface area (Å²) in [6.45, 7) is -0.0625. The zero-order valence-electron chi connectivity index (χ0n) is 10.7. The van der Waals surface area contributed by atoms with Crippen LogP contribution in [-0.4, -0.2) is 35.7 Å². The van der Waals surface area contributed by atoms with Crippen molar-refractivity contribution in [1.82, 2.24) is 4.90 Å². The maximum atomic E-state index is 12.4. The summed E-state index contributed by atoms with van der Waals surface area (Å²) < 4.78 is 24.8. The first kappa shape index (κ1) is 15.9. The minimum atomic E-state index is -2.44. The van der Waals surface area contributed by atoms with Gasteiger partial charge in [-0.25, -0.2) is 8.78 Å². The molecule has 0 radical (unpaired) electrons. The van der Waals surface area contributed by atoms with Crippen molar-refractivity contribution in [3.8, 4) is 0 Å². The molecule has 0 aromatic carbocycles. The lowest BCUT2D eigenvalue weighted by Crippen LogP contribution is -2.37. The zero-order chi connectivity index (χ0) is 13.4. The third-order valence-electron chi connectivity index (χ3n) is 3.50. The van der Waals surface area contributed by atoms with Crippen molar-refractivity contribution in [1.29, 1.82) is 0 Å². The van der Waals surface area contributed by atoms with Gasteiger partial charge in [-0.05, 0) is 18.8 Å². The van der Waals surface area contributed by atoms with E-state index in [1.807, 2.05) is 0 Å². The van der Waals surface area contributed by atoms with E-state index in [1.54, 1.807) is 0 Å². The van der Waals surface area contributed by atoms with Gasteiger partial charge in [-0.1, -0.05) is 41.6 Å². The van der Waals surface area contributed by atoms with Crippen molar-refractivity contribution in [2.45, 2.75) is 51.4 Å². The predicted molar refractivity (Wildman–Crippen MR) is 72.2 cm³/mol. The Balaban J connectivity index is 2.43. The number of rotatable bonds is 6. The first-order valence-corrected chi connectivity index (χ1v) is 7.87. The van der Waals surface area contributed by atoms with Crippen molar-refractivity contribution in [2.24, 2.45) is 5.92 Å². The molecule has 0 aromatic rings. The summed E-state index contributed by atoms with van der Waals surface area (Å²) in [6.07, 6.45) is 4.98. The summed E-state index contributed by atoms with van der Waals surface area (Å²) in [4.78, 5) is 13.3. The second-order valence-corrected chi connectivity index (χ2v) is 5.77. The van der Waals surface area contributed by atoms with Gasteiger partial charge in [0, 0.05) is 18.3 Å². The number of amides is 1. The van der Waals surface area contributed by atoms with Gasteiger partial charge in [-0.3, -0.25) is 4.79 Å². The van der Waals surface area contributed by atoms with Crippen LogP contribution < -0.4 is 0 Å². The molecule has 1 saturated carbocycles. The van der Waals surface area contributed by atoms with Gasteiger partial charge in [-0.2, -0.15) is 0 Å². The monoisotopic (exact) mass is 325 g/mol. The number of alkyl halides is 3. The molecule has 1 rings (SSSR count). The molecule has 1 amide bonds. The Morgan fingerprint density at radius 2 is 1.83 bits per heavy atom. The largest absolute Gasteiger partial charge is 0.336 e. The Bertz CT molecular complexity index is 243. The van der Waals surface area contributed by atoms with Gasteiger partial charge in [0.05, 0.1) is 6.54 Å². The Kier molecular flexibility index (Phi) is 7.79. The van der Waals surface area contributed by atoms with E-state index in [9.17, 15) is 13.6 Å². The lowest BCUT2D eigenvalue weighted by Gasteiger charge is -2.23. The van der Waals surface area contributed by atoms with Crippen LogP contribution in [0.2, 0.25) is 0 Å². The van der Waals surface area contributed by atoms with Crippen LogP contribution in [0.1, 0.15) is 44.9 Å². The molecule has 0 heterocycles. The Morgan fingerprint density at radius 3 is 2.33 bits per heavy atom. The molecule has 0 bridgehead atoms. The average molecular weight is 326 g/mol. The number of halogens is 3. The molecule has 106 valence electrons. The van der Waals surface area contributed by atoms with E-state index in [0.717, 1.165) is 12.8 Å². The molecule has 0 N–H and O–H groups in total. The number of carbonyl (C=O) groups is 1. The van der Waals surface area contributed by atoms with Crippen LogP contribution in [0.15, 0.2) is 0 Å². The summed E-state index contributed by atoms with van der Waals surface area (Å²) in [6, 6.07) is 0. The SMILES string of the molecule is O=C(CC1CCCCCC1)N(CCBr)CC(F)F. The molecule has 18 heavy (non-hydrogen) atoms. The standard InChI is InChI=1S/C13H22BrF2NO/c14-7-8-17(10-12(15)16)13(18)9-11-5-3-1-2-4-6-11/h11-12H,1-10H2. The molecule has 1 aliphatic rings. The van der Waals surface area contributed by atoms with Crippen LogP contribution >= 0.6 is 15.9 Å². The number of nitrogens with zero attached hydrogens (tertiary/aromatic N) is 1. The van der Waals surface area contributed by atoms with Gasteiger partial charge in [-0.15, -0.1) is 0 Å². The predicted octanol–water partition coefficient (Wildman–Crippen LogP) is 3.84. The molecule has 1 fully saturated rings. The van der Waals surface area contributed by atoms with Crippen LogP contribution in [0.4, 0.5) is 8.78 Å². The lowest BCUT2D eigenvalue weighted by atomic mass is 9.96. The molecule has 2 nitrogen and oxygen atoms in total. The number of hydrogen-bond acceptors (Lipinski definition) is 1. The molecular formula is C13H22BrF2NO. The van der Waals surface area contributed by atoms with Crippen LogP contribution in [0.3, 0.4) is 0 Å². The molecule has 0 saturated heterocycles.